The van der Waals surface area contributed by atoms with E-state index in [4.69, 9.17) is 0 Å². The predicted octanol–water partition coefficient (Wildman–Crippen LogP) is 0.907. The molecule has 0 aromatic carbocycles. The average Bonchev–Trinajstić information content (AvgIpc) is 2.36. The number of nitrogens with one attached hydrogen (secondary N) is 1. The van der Waals surface area contributed by atoms with E-state index in [0.29, 0.717) is 0 Å². The van der Waals surface area contributed by atoms with Crippen molar-refractivity contribution in [3.8, 4) is 0 Å². The first-order valence-corrected chi connectivity index (χ1v) is 2.98. The summed E-state index contributed by atoms with van der Waals surface area (Å²) in [5.41, 5.74) is 1.76. The van der Waals surface area contributed by atoms with Gasteiger partial charge in [0.05, 0.1) is 17.3 Å². The number of rotatable bonds is 0. The van der Waals surface area contributed by atoms with Crippen LogP contribution < -0.4 is 0 Å². The normalized spacial score (nSPS) is 10.5. The van der Waals surface area contributed by atoms with Gasteiger partial charge in [0.25, 0.3) is 0 Å². The Hall–Kier alpha value is -1.45. The van der Waals surface area contributed by atoms with Crippen molar-refractivity contribution in [2.75, 3.05) is 0 Å². The second-order valence-corrected chi connectivity index (χ2v) is 2.09. The molecule has 0 aliphatic carbocycles. The van der Waals surface area contributed by atoms with Crippen LogP contribution in [0.2, 0.25) is 0 Å². The average molecular weight is 136 g/mol. The van der Waals surface area contributed by atoms with Crippen molar-refractivity contribution in [3.63, 3.8) is 0 Å². The van der Waals surface area contributed by atoms with Crippen molar-refractivity contribution in [2.24, 2.45) is 0 Å². The van der Waals surface area contributed by atoms with Crippen LogP contribution in [0.4, 0.5) is 0 Å². The van der Waals surface area contributed by atoms with Crippen LogP contribution in [-0.2, 0) is 0 Å². The van der Waals surface area contributed by atoms with E-state index >= 15 is 0 Å². The molecule has 10 heavy (non-hydrogen) atoms. The molecule has 0 aliphatic rings. The molecule has 1 N–H and O–H groups in total. The predicted molar refractivity (Wildman–Crippen MR) is 38.5 cm³/mol. The van der Waals surface area contributed by atoms with Gasteiger partial charge in [-0.3, -0.25) is 5.10 Å². The van der Waals surface area contributed by atoms with Crippen LogP contribution >= 0.6 is 0 Å². The maximum Gasteiger partial charge on any atom is 0.158 e. The van der Waals surface area contributed by atoms with E-state index in [9.17, 15) is 0 Å². The first-order chi connectivity index (χ1) is 4.88. The minimum atomic E-state index is 0. The lowest BCUT2D eigenvalue weighted by atomic mass is 10.3. The van der Waals surface area contributed by atoms with E-state index in [1.165, 1.54) is 6.33 Å². The number of aryl methyl sites for hydroxylation is 1. The van der Waals surface area contributed by atoms with Crippen molar-refractivity contribution >= 4 is 11.0 Å². The van der Waals surface area contributed by atoms with Gasteiger partial charge in [-0.05, 0) is 6.92 Å². The third-order valence-corrected chi connectivity index (χ3v) is 1.45. The number of nitrogens with zero attached hydrogens (tertiary/aromatic N) is 3. The molecular formula is C6H8N4. The van der Waals surface area contributed by atoms with Crippen molar-refractivity contribution in [1.29, 1.82) is 0 Å². The van der Waals surface area contributed by atoms with Crippen LogP contribution in [0.15, 0.2) is 12.5 Å². The van der Waals surface area contributed by atoms with Gasteiger partial charge in [-0.1, -0.05) is 0 Å². The van der Waals surface area contributed by atoms with Crippen LogP contribution in [0.3, 0.4) is 0 Å². The Kier molecular flexibility index (Phi) is 0.943. The molecule has 0 aliphatic heterocycles. The Labute approximate surface area is 58.8 Å². The zero-order valence-corrected chi connectivity index (χ0v) is 5.50. The fourth-order valence-corrected chi connectivity index (χ4v) is 0.885. The molecule has 2 heterocycles. The molecule has 0 fully saturated rings. The number of hydrogen-bond acceptors (Lipinski definition) is 3. The lowest BCUT2D eigenvalue weighted by Gasteiger charge is -1.88. The van der Waals surface area contributed by atoms with Crippen molar-refractivity contribution in [2.45, 2.75) is 6.92 Å². The van der Waals surface area contributed by atoms with Gasteiger partial charge in [-0.25, -0.2) is 9.97 Å². The first kappa shape index (κ1) is 5.34. The number of H-pyrrole nitrogens is 1. The van der Waals surface area contributed by atoms with Crippen LogP contribution in [0.1, 0.15) is 7.12 Å². The summed E-state index contributed by atoms with van der Waals surface area (Å²) in [6.07, 6.45) is 3.25. The summed E-state index contributed by atoms with van der Waals surface area (Å²) in [6, 6.07) is 0. The van der Waals surface area contributed by atoms with Gasteiger partial charge in [0.2, 0.25) is 0 Å². The number of aromatic amines is 1. The molecule has 0 saturated heterocycles. The van der Waals surface area contributed by atoms with Gasteiger partial charge in [0.15, 0.2) is 5.65 Å². The number of hydrogen-bond donors (Lipinski definition) is 1. The Morgan fingerprint density at radius 2 is 2.40 bits per heavy atom. The van der Waals surface area contributed by atoms with Gasteiger partial charge < -0.3 is 0 Å². The van der Waals surface area contributed by atoms with Gasteiger partial charge >= 0.3 is 0 Å². The van der Waals surface area contributed by atoms with Crippen LogP contribution in [0, 0.1) is 6.92 Å². The number of aromatic nitrogens is 4. The lowest BCUT2D eigenvalue weighted by Crippen LogP contribution is -1.83. The Morgan fingerprint density at radius 3 is 3.20 bits per heavy atom. The summed E-state index contributed by atoms with van der Waals surface area (Å²) >= 11 is 0. The molecule has 0 atom stereocenters. The maximum absolute atomic E-state index is 4.01. The largest absolute Gasteiger partial charge is 0.261 e. The van der Waals surface area contributed by atoms with E-state index in [1.54, 1.807) is 6.20 Å². The molecule has 0 spiro atoms. The highest BCUT2D eigenvalue weighted by atomic mass is 15.1. The lowest BCUT2D eigenvalue weighted by molar-refractivity contribution is 1.08. The van der Waals surface area contributed by atoms with E-state index in [1.807, 2.05) is 6.92 Å². The summed E-state index contributed by atoms with van der Waals surface area (Å²) in [6.45, 7) is 1.93. The molecule has 0 radical (unpaired) electrons. The fourth-order valence-electron chi connectivity index (χ4n) is 0.885. The Balaban J connectivity index is 0.000000605. The topological polar surface area (TPSA) is 54.5 Å². The van der Waals surface area contributed by atoms with E-state index in [0.717, 1.165) is 16.7 Å². The van der Waals surface area contributed by atoms with Crippen LogP contribution in [0.5, 0.6) is 0 Å². The molecule has 4 heteroatoms. The third-order valence-electron chi connectivity index (χ3n) is 1.45. The molecule has 2 aromatic heterocycles. The third kappa shape index (κ3) is 0.586. The summed E-state index contributed by atoms with van der Waals surface area (Å²) in [5, 5.41) is 7.58. The fraction of sp³-hybridized carbons (Fsp3) is 0.167. The van der Waals surface area contributed by atoms with Gasteiger partial charge in [-0.15, -0.1) is 0 Å². The number of fused-ring (bicyclic) bond motifs is 1. The van der Waals surface area contributed by atoms with Crippen molar-refractivity contribution in [3.05, 3.63) is 18.2 Å². The van der Waals surface area contributed by atoms with Crippen molar-refractivity contribution in [1.82, 2.24) is 20.2 Å². The maximum atomic E-state index is 4.01. The zero-order chi connectivity index (χ0) is 6.97. The summed E-state index contributed by atoms with van der Waals surface area (Å²) < 4.78 is 0. The second kappa shape index (κ2) is 1.76. The van der Waals surface area contributed by atoms with E-state index < -0.39 is 0 Å². The SMILES string of the molecule is Cc1ncnc2[nH]ncc12.[HH]. The van der Waals surface area contributed by atoms with Crippen LogP contribution in [0.25, 0.3) is 11.0 Å². The molecule has 2 rings (SSSR count). The Bertz CT molecular complexity index is 356. The summed E-state index contributed by atoms with van der Waals surface area (Å²) in [5.74, 6) is 0. The quantitative estimate of drug-likeness (QED) is 0.585. The van der Waals surface area contributed by atoms with Gasteiger partial charge in [0.1, 0.15) is 6.33 Å². The highest BCUT2D eigenvalue weighted by Crippen LogP contribution is 2.08. The molecule has 0 bridgehead atoms. The molecule has 4 nitrogen and oxygen atoms in total. The highest BCUT2D eigenvalue weighted by molar-refractivity contribution is 5.75. The van der Waals surface area contributed by atoms with Gasteiger partial charge in [-0.2, -0.15) is 5.10 Å². The zero-order valence-electron chi connectivity index (χ0n) is 5.50. The first-order valence-electron chi connectivity index (χ1n) is 2.98. The molecule has 2 aromatic rings. The van der Waals surface area contributed by atoms with Crippen LogP contribution in [-0.4, -0.2) is 20.2 Å². The molecule has 0 amide bonds. The molecule has 0 unspecified atom stereocenters. The van der Waals surface area contributed by atoms with E-state index in [-0.39, 0.29) is 1.43 Å². The minimum Gasteiger partial charge on any atom is -0.261 e. The van der Waals surface area contributed by atoms with E-state index in [2.05, 4.69) is 20.2 Å². The molecule has 52 valence electrons. The highest BCUT2D eigenvalue weighted by Gasteiger charge is 1.97. The molecule has 0 saturated carbocycles. The molecular weight excluding hydrogens is 128 g/mol. The van der Waals surface area contributed by atoms with Crippen molar-refractivity contribution < 1.29 is 1.43 Å². The standard InChI is InChI=1S/C6H6N4.H2/c1-4-5-2-9-10-6(5)8-3-7-4;/h2-3H,1H3,(H,7,8,9,10);1H. The minimum absolute atomic E-state index is 0. The van der Waals surface area contributed by atoms with Gasteiger partial charge in [0, 0.05) is 1.43 Å². The summed E-state index contributed by atoms with van der Waals surface area (Å²) in [4.78, 5) is 7.98. The summed E-state index contributed by atoms with van der Waals surface area (Å²) in [7, 11) is 0. The Morgan fingerprint density at radius 1 is 1.50 bits per heavy atom. The smallest absolute Gasteiger partial charge is 0.158 e. The second-order valence-electron chi connectivity index (χ2n) is 2.09. The monoisotopic (exact) mass is 136 g/mol.